The van der Waals surface area contributed by atoms with Gasteiger partial charge in [-0.25, -0.2) is 0 Å². The lowest BCUT2D eigenvalue weighted by Gasteiger charge is -2.37. The smallest absolute Gasteiger partial charge is 0.192 e. The van der Waals surface area contributed by atoms with E-state index in [2.05, 4.69) is 94.1 Å². The molecule has 30 heavy (non-hydrogen) atoms. The van der Waals surface area contributed by atoms with Crippen LogP contribution in [0.3, 0.4) is 0 Å². The molecule has 0 saturated heterocycles. The highest BCUT2D eigenvalue weighted by molar-refractivity contribution is 7.73. The van der Waals surface area contributed by atoms with Crippen molar-refractivity contribution in [3.8, 4) is 0 Å². The van der Waals surface area contributed by atoms with E-state index in [4.69, 9.17) is 4.43 Å². The van der Waals surface area contributed by atoms with Crippen molar-refractivity contribution in [1.29, 1.82) is 0 Å². The normalized spacial score (nSPS) is 18.9. The minimum Gasteiger partial charge on any atom is -0.410 e. The van der Waals surface area contributed by atoms with Crippen LogP contribution in [0.5, 0.6) is 0 Å². The van der Waals surface area contributed by atoms with Crippen molar-refractivity contribution in [1.82, 2.24) is 0 Å². The lowest BCUT2D eigenvalue weighted by Crippen LogP contribution is -2.41. The van der Waals surface area contributed by atoms with E-state index in [0.717, 1.165) is 19.0 Å². The Bertz CT molecular complexity index is 779. The van der Waals surface area contributed by atoms with Crippen LogP contribution in [-0.2, 0) is 4.43 Å². The van der Waals surface area contributed by atoms with E-state index < -0.39 is 16.2 Å². The van der Waals surface area contributed by atoms with Gasteiger partial charge in [-0.05, 0) is 73.2 Å². The topological polar surface area (TPSA) is 9.23 Å². The van der Waals surface area contributed by atoms with Gasteiger partial charge in [0.1, 0.15) is 0 Å². The molecule has 3 heteroatoms. The predicted molar refractivity (Wildman–Crippen MR) is 137 cm³/mol. The van der Waals surface area contributed by atoms with Gasteiger partial charge in [0.2, 0.25) is 0 Å². The molecule has 0 radical (unpaired) electrons. The molecule has 0 heterocycles. The molecule has 160 valence electrons. The number of hydrogen-bond donors (Lipinski definition) is 0. The fraction of sp³-hybridized carbons (Fsp3) is 0.407. The molecule has 1 nitrogen and oxygen atoms in total. The number of benzene rings is 2. The fourth-order valence-electron chi connectivity index (χ4n) is 4.46. The van der Waals surface area contributed by atoms with Gasteiger partial charge in [0.15, 0.2) is 8.32 Å². The van der Waals surface area contributed by atoms with E-state index in [-0.39, 0.29) is 6.10 Å². The summed E-state index contributed by atoms with van der Waals surface area (Å²) in [5.74, 6) is 0. The molecule has 0 N–H and O–H groups in total. The van der Waals surface area contributed by atoms with Crippen molar-refractivity contribution in [2.24, 2.45) is 0 Å². The molecule has 1 fully saturated rings. The van der Waals surface area contributed by atoms with E-state index in [0.29, 0.717) is 0 Å². The van der Waals surface area contributed by atoms with Crippen molar-refractivity contribution in [2.75, 3.05) is 6.16 Å². The van der Waals surface area contributed by atoms with Gasteiger partial charge in [0.05, 0.1) is 6.10 Å². The second kappa shape index (κ2) is 11.2. The van der Waals surface area contributed by atoms with Gasteiger partial charge in [-0.2, -0.15) is 0 Å². The first-order valence-corrected chi connectivity index (χ1v) is 15.6. The maximum atomic E-state index is 6.85. The third-order valence-electron chi connectivity index (χ3n) is 6.69. The summed E-state index contributed by atoms with van der Waals surface area (Å²) in [6, 6.07) is 25.6. The van der Waals surface area contributed by atoms with Crippen LogP contribution in [0, 0.1) is 0 Å². The van der Waals surface area contributed by atoms with E-state index >= 15 is 0 Å². The van der Waals surface area contributed by atoms with Gasteiger partial charge < -0.3 is 4.43 Å². The minimum atomic E-state index is -1.61. The molecule has 1 saturated carbocycles. The molecule has 3 rings (SSSR count). The quantitative estimate of drug-likeness (QED) is 0.299. The second-order valence-corrected chi connectivity index (χ2v) is 15.3. The molecule has 1 atom stereocenters. The summed E-state index contributed by atoms with van der Waals surface area (Å²) in [6.45, 7) is 11.5. The van der Waals surface area contributed by atoms with Crippen LogP contribution in [0.1, 0.15) is 40.0 Å². The number of hydrogen-bond acceptors (Lipinski definition) is 1. The summed E-state index contributed by atoms with van der Waals surface area (Å²) in [6.07, 6.45) is 7.28. The third-order valence-corrected chi connectivity index (χ3v) is 13.7. The van der Waals surface area contributed by atoms with Crippen molar-refractivity contribution < 1.29 is 4.43 Å². The summed E-state index contributed by atoms with van der Waals surface area (Å²) in [5, 5.41) is 2.89. The predicted octanol–water partition coefficient (Wildman–Crippen LogP) is 7.18. The molecule has 0 bridgehead atoms. The molecule has 2 aromatic carbocycles. The molecule has 0 spiro atoms. The highest BCUT2D eigenvalue weighted by Gasteiger charge is 2.34. The van der Waals surface area contributed by atoms with Crippen LogP contribution >= 0.6 is 7.92 Å². The standard InChI is InChI=1S/C27H37OPSi/c1-5-30(6-2,7-3)28-27-20-14-15-24(23(27)4)21-22-29(25-16-10-8-11-17-25)26-18-12-9-13-19-26/h8-13,16-19,21,27H,4-7,14-15,20,22H2,1-3H3/b24-21-/t27-/m0/s1. The van der Waals surface area contributed by atoms with Gasteiger partial charge in [0, 0.05) is 0 Å². The first-order valence-electron chi connectivity index (χ1n) is 11.6. The summed E-state index contributed by atoms with van der Waals surface area (Å²) in [7, 11) is -2.01. The Hall–Kier alpha value is -1.47. The van der Waals surface area contributed by atoms with E-state index in [1.54, 1.807) is 0 Å². The summed E-state index contributed by atoms with van der Waals surface area (Å²) >= 11 is 0. The molecular formula is C27H37OPSi. The highest BCUT2D eigenvalue weighted by atomic mass is 31.1. The van der Waals surface area contributed by atoms with E-state index in [9.17, 15) is 0 Å². The maximum Gasteiger partial charge on any atom is 0.192 e. The lowest BCUT2D eigenvalue weighted by molar-refractivity contribution is 0.201. The Morgan fingerprint density at radius 3 is 1.97 bits per heavy atom. The maximum absolute atomic E-state index is 6.85. The first kappa shape index (κ1) is 23.2. The average Bonchev–Trinajstić information content (AvgIpc) is 2.81. The first-order chi connectivity index (χ1) is 14.6. The van der Waals surface area contributed by atoms with Crippen molar-refractivity contribution in [2.45, 2.75) is 64.3 Å². The minimum absolute atomic E-state index is 0.233. The number of allylic oxidation sites excluding steroid dienone is 1. The summed E-state index contributed by atoms with van der Waals surface area (Å²) < 4.78 is 6.85. The van der Waals surface area contributed by atoms with Crippen LogP contribution < -0.4 is 10.6 Å². The van der Waals surface area contributed by atoms with E-state index in [1.807, 2.05) is 0 Å². The van der Waals surface area contributed by atoms with E-state index in [1.165, 1.54) is 46.3 Å². The Morgan fingerprint density at radius 1 is 0.933 bits per heavy atom. The Morgan fingerprint density at radius 2 is 1.47 bits per heavy atom. The van der Waals surface area contributed by atoms with Crippen LogP contribution in [0.4, 0.5) is 0 Å². The van der Waals surface area contributed by atoms with Crippen LogP contribution in [0.2, 0.25) is 18.1 Å². The average molecular weight is 437 g/mol. The zero-order valence-electron chi connectivity index (χ0n) is 18.9. The van der Waals surface area contributed by atoms with Gasteiger partial charge in [-0.1, -0.05) is 94.1 Å². The number of rotatable bonds is 9. The van der Waals surface area contributed by atoms with Gasteiger partial charge in [-0.3, -0.25) is 0 Å². The van der Waals surface area contributed by atoms with Crippen molar-refractivity contribution in [3.63, 3.8) is 0 Å². The Labute approximate surface area is 186 Å². The molecular weight excluding hydrogens is 399 g/mol. The molecule has 1 aliphatic carbocycles. The summed E-state index contributed by atoms with van der Waals surface area (Å²) in [5.41, 5.74) is 2.70. The van der Waals surface area contributed by atoms with Gasteiger partial charge in [0.25, 0.3) is 0 Å². The Balaban J connectivity index is 1.79. The molecule has 2 aromatic rings. The SMILES string of the molecule is C=C1/C(=C\CP(c2ccccc2)c2ccccc2)CCC[C@@H]1O[Si](CC)(CC)CC. The molecule has 0 aliphatic heterocycles. The zero-order valence-corrected chi connectivity index (χ0v) is 20.8. The second-order valence-electron chi connectivity index (χ2n) is 8.28. The van der Waals surface area contributed by atoms with Crippen molar-refractivity contribution >= 4 is 26.8 Å². The lowest BCUT2D eigenvalue weighted by atomic mass is 9.88. The fourth-order valence-corrected chi connectivity index (χ4v) is 9.51. The molecule has 0 aromatic heterocycles. The Kier molecular flexibility index (Phi) is 8.68. The van der Waals surface area contributed by atoms with Crippen LogP contribution in [-0.4, -0.2) is 20.6 Å². The molecule has 1 aliphatic rings. The van der Waals surface area contributed by atoms with Crippen LogP contribution in [0.15, 0.2) is 84.5 Å². The van der Waals surface area contributed by atoms with Gasteiger partial charge >= 0.3 is 0 Å². The monoisotopic (exact) mass is 436 g/mol. The molecule has 0 amide bonds. The summed E-state index contributed by atoms with van der Waals surface area (Å²) in [4.78, 5) is 0. The largest absolute Gasteiger partial charge is 0.410 e. The molecule has 0 unspecified atom stereocenters. The third kappa shape index (κ3) is 5.61. The van der Waals surface area contributed by atoms with Crippen LogP contribution in [0.25, 0.3) is 0 Å². The van der Waals surface area contributed by atoms with Gasteiger partial charge in [-0.15, -0.1) is 0 Å². The highest BCUT2D eigenvalue weighted by Crippen LogP contribution is 2.38. The van der Waals surface area contributed by atoms with Crippen molar-refractivity contribution in [3.05, 3.63) is 84.5 Å². The zero-order chi connectivity index (χ0) is 21.4.